The Morgan fingerprint density at radius 2 is 2.24 bits per heavy atom. The van der Waals surface area contributed by atoms with Crippen LogP contribution in [0.2, 0.25) is 0 Å². The lowest BCUT2D eigenvalue weighted by Gasteiger charge is -2.04. The predicted octanol–water partition coefficient (Wildman–Crippen LogP) is 2.70. The largest absolute Gasteiger partial charge is 0.361 e. The minimum atomic E-state index is 0.0298. The summed E-state index contributed by atoms with van der Waals surface area (Å²) in [6.07, 6.45) is 5.69. The van der Waals surface area contributed by atoms with Gasteiger partial charge in [-0.15, -0.1) is 0 Å². The molecule has 1 amide bonds. The highest BCUT2D eigenvalue weighted by atomic mass is 16.1. The SMILES string of the molecule is O=C(NCCC1CC1)c1ccc2cc[nH]c2c1. The third-order valence-electron chi connectivity index (χ3n) is 3.35. The van der Waals surface area contributed by atoms with Crippen LogP contribution in [0.4, 0.5) is 0 Å². The molecule has 3 nitrogen and oxygen atoms in total. The van der Waals surface area contributed by atoms with Gasteiger partial charge in [0.15, 0.2) is 0 Å². The summed E-state index contributed by atoms with van der Waals surface area (Å²) < 4.78 is 0. The topological polar surface area (TPSA) is 44.9 Å². The van der Waals surface area contributed by atoms with Crippen LogP contribution in [0.1, 0.15) is 29.6 Å². The van der Waals surface area contributed by atoms with Crippen molar-refractivity contribution in [3.05, 3.63) is 36.0 Å². The van der Waals surface area contributed by atoms with Gasteiger partial charge in [0, 0.05) is 23.8 Å². The molecule has 17 heavy (non-hydrogen) atoms. The molecule has 0 saturated heterocycles. The van der Waals surface area contributed by atoms with Crippen molar-refractivity contribution in [2.24, 2.45) is 5.92 Å². The molecule has 3 rings (SSSR count). The highest BCUT2D eigenvalue weighted by Crippen LogP contribution is 2.31. The number of nitrogens with one attached hydrogen (secondary N) is 2. The second kappa shape index (κ2) is 4.24. The zero-order valence-electron chi connectivity index (χ0n) is 9.70. The molecule has 1 fully saturated rings. The van der Waals surface area contributed by atoms with E-state index in [2.05, 4.69) is 10.3 Å². The molecule has 2 N–H and O–H groups in total. The minimum absolute atomic E-state index is 0.0298. The van der Waals surface area contributed by atoms with Crippen LogP contribution in [-0.4, -0.2) is 17.4 Å². The molecule has 1 heterocycles. The van der Waals surface area contributed by atoms with E-state index in [1.165, 1.54) is 12.8 Å². The summed E-state index contributed by atoms with van der Waals surface area (Å²) in [5.74, 6) is 0.892. The fourth-order valence-corrected chi connectivity index (χ4v) is 2.09. The predicted molar refractivity (Wildman–Crippen MR) is 68.0 cm³/mol. The van der Waals surface area contributed by atoms with Crippen LogP contribution in [0.3, 0.4) is 0 Å². The van der Waals surface area contributed by atoms with Crippen molar-refractivity contribution < 1.29 is 4.79 Å². The van der Waals surface area contributed by atoms with Crippen LogP contribution < -0.4 is 5.32 Å². The molecule has 1 aliphatic carbocycles. The van der Waals surface area contributed by atoms with Gasteiger partial charge in [0.25, 0.3) is 5.91 Å². The van der Waals surface area contributed by atoms with Gasteiger partial charge >= 0.3 is 0 Å². The Bertz CT molecular complexity index is 540. The van der Waals surface area contributed by atoms with Crippen molar-refractivity contribution in [1.29, 1.82) is 0 Å². The van der Waals surface area contributed by atoms with Crippen molar-refractivity contribution in [2.75, 3.05) is 6.54 Å². The molecule has 0 unspecified atom stereocenters. The second-order valence-corrected chi connectivity index (χ2v) is 4.77. The monoisotopic (exact) mass is 228 g/mol. The lowest BCUT2D eigenvalue weighted by Crippen LogP contribution is -2.24. The number of aromatic amines is 1. The maximum atomic E-state index is 11.9. The smallest absolute Gasteiger partial charge is 0.251 e. The zero-order valence-corrected chi connectivity index (χ0v) is 9.70. The van der Waals surface area contributed by atoms with Crippen LogP contribution >= 0.6 is 0 Å². The molecule has 0 atom stereocenters. The van der Waals surface area contributed by atoms with Gasteiger partial charge in [-0.1, -0.05) is 18.9 Å². The number of H-pyrrole nitrogens is 1. The molecular weight excluding hydrogens is 212 g/mol. The first-order valence-corrected chi connectivity index (χ1v) is 6.18. The van der Waals surface area contributed by atoms with Gasteiger partial charge in [0.2, 0.25) is 0 Å². The summed E-state index contributed by atoms with van der Waals surface area (Å²) in [4.78, 5) is 15.0. The van der Waals surface area contributed by atoms with E-state index in [4.69, 9.17) is 0 Å². The number of amides is 1. The van der Waals surface area contributed by atoms with Gasteiger partial charge in [-0.25, -0.2) is 0 Å². The number of benzene rings is 1. The lowest BCUT2D eigenvalue weighted by molar-refractivity contribution is 0.0953. The molecule has 0 radical (unpaired) electrons. The van der Waals surface area contributed by atoms with Gasteiger partial charge in [-0.3, -0.25) is 4.79 Å². The van der Waals surface area contributed by atoms with E-state index in [-0.39, 0.29) is 5.91 Å². The molecule has 2 aromatic rings. The maximum Gasteiger partial charge on any atom is 0.251 e. The number of carbonyl (C=O) groups is 1. The number of fused-ring (bicyclic) bond motifs is 1. The first-order chi connectivity index (χ1) is 8.33. The number of hydrogen-bond donors (Lipinski definition) is 2. The molecule has 1 aromatic heterocycles. The number of hydrogen-bond acceptors (Lipinski definition) is 1. The Kier molecular flexibility index (Phi) is 2.59. The third-order valence-corrected chi connectivity index (χ3v) is 3.35. The minimum Gasteiger partial charge on any atom is -0.361 e. The second-order valence-electron chi connectivity index (χ2n) is 4.77. The normalized spacial score (nSPS) is 15.1. The van der Waals surface area contributed by atoms with Crippen LogP contribution in [0.25, 0.3) is 10.9 Å². The molecular formula is C14H16N2O. The van der Waals surface area contributed by atoms with Gasteiger partial charge in [-0.2, -0.15) is 0 Å². The van der Waals surface area contributed by atoms with Crippen molar-refractivity contribution >= 4 is 16.8 Å². The quantitative estimate of drug-likeness (QED) is 0.830. The van der Waals surface area contributed by atoms with Crippen LogP contribution in [0.15, 0.2) is 30.5 Å². The van der Waals surface area contributed by atoms with Gasteiger partial charge in [0.05, 0.1) is 0 Å². The van der Waals surface area contributed by atoms with Crippen LogP contribution in [-0.2, 0) is 0 Å². The number of carbonyl (C=O) groups excluding carboxylic acids is 1. The Morgan fingerprint density at radius 3 is 3.06 bits per heavy atom. The van der Waals surface area contributed by atoms with E-state index in [1.54, 1.807) is 0 Å². The van der Waals surface area contributed by atoms with E-state index >= 15 is 0 Å². The van der Waals surface area contributed by atoms with Crippen molar-refractivity contribution in [3.63, 3.8) is 0 Å². The van der Waals surface area contributed by atoms with E-state index in [0.29, 0.717) is 0 Å². The van der Waals surface area contributed by atoms with Crippen molar-refractivity contribution in [3.8, 4) is 0 Å². The third kappa shape index (κ3) is 2.33. The fourth-order valence-electron chi connectivity index (χ4n) is 2.09. The summed E-state index contributed by atoms with van der Waals surface area (Å²) in [7, 11) is 0. The first-order valence-electron chi connectivity index (χ1n) is 6.18. The zero-order chi connectivity index (χ0) is 11.7. The van der Waals surface area contributed by atoms with Crippen LogP contribution in [0.5, 0.6) is 0 Å². The molecule has 0 aliphatic heterocycles. The first kappa shape index (κ1) is 10.4. The Hall–Kier alpha value is -1.77. The fraction of sp³-hybridized carbons (Fsp3) is 0.357. The molecule has 88 valence electrons. The van der Waals surface area contributed by atoms with Crippen molar-refractivity contribution in [1.82, 2.24) is 10.3 Å². The van der Waals surface area contributed by atoms with E-state index < -0.39 is 0 Å². The van der Waals surface area contributed by atoms with E-state index in [0.717, 1.165) is 35.3 Å². The average molecular weight is 228 g/mol. The number of aromatic nitrogens is 1. The lowest BCUT2D eigenvalue weighted by atomic mass is 10.1. The molecule has 1 aromatic carbocycles. The highest BCUT2D eigenvalue weighted by Gasteiger charge is 2.20. The van der Waals surface area contributed by atoms with Gasteiger partial charge in [0.1, 0.15) is 0 Å². The van der Waals surface area contributed by atoms with E-state index in [9.17, 15) is 4.79 Å². The Morgan fingerprint density at radius 1 is 1.35 bits per heavy atom. The summed E-state index contributed by atoms with van der Waals surface area (Å²) in [6, 6.07) is 7.76. The molecule has 1 aliphatic rings. The molecule has 0 spiro atoms. The van der Waals surface area contributed by atoms with Crippen LogP contribution in [0, 0.1) is 5.92 Å². The summed E-state index contributed by atoms with van der Waals surface area (Å²) >= 11 is 0. The molecule has 1 saturated carbocycles. The Labute approximate surface area is 100 Å². The summed E-state index contributed by atoms with van der Waals surface area (Å²) in [6.45, 7) is 0.798. The highest BCUT2D eigenvalue weighted by molar-refractivity contribution is 5.97. The standard InChI is InChI=1S/C14H16N2O/c17-14(16-7-5-10-1-2-10)12-4-3-11-6-8-15-13(11)9-12/h3-4,6,8-10,15H,1-2,5,7H2,(H,16,17). The van der Waals surface area contributed by atoms with Gasteiger partial charge < -0.3 is 10.3 Å². The maximum absolute atomic E-state index is 11.9. The van der Waals surface area contributed by atoms with Crippen molar-refractivity contribution in [2.45, 2.75) is 19.3 Å². The molecule has 0 bridgehead atoms. The number of rotatable bonds is 4. The van der Waals surface area contributed by atoms with E-state index in [1.807, 2.05) is 30.5 Å². The summed E-state index contributed by atoms with van der Waals surface area (Å²) in [5.41, 5.74) is 1.75. The summed E-state index contributed by atoms with van der Waals surface area (Å²) in [5, 5.41) is 4.11. The van der Waals surface area contributed by atoms with Gasteiger partial charge in [-0.05, 0) is 35.9 Å². The molecule has 3 heteroatoms. The Balaban J connectivity index is 1.66. The average Bonchev–Trinajstić information content (AvgIpc) is 3.04.